The van der Waals surface area contributed by atoms with Crippen molar-refractivity contribution in [2.75, 3.05) is 11.6 Å². The highest BCUT2D eigenvalue weighted by Gasteiger charge is 2.17. The SMILES string of the molecule is CS(=O)(=O)c1ccc2nc(NC(=O)CCC3CCCC3)sc2c1. The van der Waals surface area contributed by atoms with E-state index in [1.807, 2.05) is 0 Å². The third kappa shape index (κ3) is 4.09. The third-order valence-corrected chi connectivity index (χ3v) is 6.33. The number of carbonyl (C=O) groups excluding carboxylic acids is 1. The zero-order valence-electron chi connectivity index (χ0n) is 13.0. The molecule has 1 aromatic heterocycles. The van der Waals surface area contributed by atoms with Gasteiger partial charge in [-0.1, -0.05) is 37.0 Å². The van der Waals surface area contributed by atoms with Crippen molar-refractivity contribution >= 4 is 42.4 Å². The van der Waals surface area contributed by atoms with Gasteiger partial charge in [-0.25, -0.2) is 13.4 Å². The van der Waals surface area contributed by atoms with Crippen LogP contribution in [-0.4, -0.2) is 25.6 Å². The van der Waals surface area contributed by atoms with Gasteiger partial charge in [-0.2, -0.15) is 0 Å². The first kappa shape index (κ1) is 16.4. The van der Waals surface area contributed by atoms with Crippen molar-refractivity contribution < 1.29 is 13.2 Å². The molecule has 3 rings (SSSR count). The van der Waals surface area contributed by atoms with Gasteiger partial charge in [0.1, 0.15) is 0 Å². The zero-order valence-corrected chi connectivity index (χ0v) is 14.7. The molecule has 0 radical (unpaired) electrons. The number of anilines is 1. The Labute approximate surface area is 140 Å². The van der Waals surface area contributed by atoms with Crippen molar-refractivity contribution in [1.82, 2.24) is 4.98 Å². The second-order valence-electron chi connectivity index (χ2n) is 6.16. The average molecular weight is 352 g/mol. The number of hydrogen-bond acceptors (Lipinski definition) is 5. The lowest BCUT2D eigenvalue weighted by Gasteiger charge is -2.07. The highest BCUT2D eigenvalue weighted by atomic mass is 32.2. The Morgan fingerprint density at radius 1 is 1.35 bits per heavy atom. The van der Waals surface area contributed by atoms with Gasteiger partial charge in [-0.15, -0.1) is 0 Å². The molecule has 0 aliphatic heterocycles. The molecular weight excluding hydrogens is 332 g/mol. The molecule has 0 spiro atoms. The Hall–Kier alpha value is -1.47. The molecule has 1 amide bonds. The Morgan fingerprint density at radius 2 is 2.09 bits per heavy atom. The molecule has 1 heterocycles. The van der Waals surface area contributed by atoms with Crippen molar-refractivity contribution in [3.8, 4) is 0 Å². The minimum Gasteiger partial charge on any atom is -0.302 e. The first-order valence-corrected chi connectivity index (χ1v) is 10.5. The van der Waals surface area contributed by atoms with Gasteiger partial charge >= 0.3 is 0 Å². The number of rotatable bonds is 5. The van der Waals surface area contributed by atoms with Gasteiger partial charge in [0.2, 0.25) is 5.91 Å². The van der Waals surface area contributed by atoms with Crippen LogP contribution in [0.4, 0.5) is 5.13 Å². The highest BCUT2D eigenvalue weighted by Crippen LogP contribution is 2.30. The maximum atomic E-state index is 12.0. The molecule has 0 bridgehead atoms. The fourth-order valence-electron chi connectivity index (χ4n) is 3.01. The summed E-state index contributed by atoms with van der Waals surface area (Å²) < 4.78 is 23.9. The molecule has 0 saturated heterocycles. The van der Waals surface area contributed by atoms with E-state index in [1.165, 1.54) is 43.3 Å². The van der Waals surface area contributed by atoms with Crippen LogP contribution in [-0.2, 0) is 14.6 Å². The average Bonchev–Trinajstić information content (AvgIpc) is 3.12. The fourth-order valence-corrected chi connectivity index (χ4v) is 4.65. The second-order valence-corrected chi connectivity index (χ2v) is 9.20. The maximum Gasteiger partial charge on any atom is 0.226 e. The van der Waals surface area contributed by atoms with Gasteiger partial charge in [0.25, 0.3) is 0 Å². The van der Waals surface area contributed by atoms with E-state index in [9.17, 15) is 13.2 Å². The van der Waals surface area contributed by atoms with Crippen LogP contribution in [0.25, 0.3) is 10.2 Å². The van der Waals surface area contributed by atoms with E-state index < -0.39 is 9.84 Å². The Morgan fingerprint density at radius 3 is 2.78 bits per heavy atom. The summed E-state index contributed by atoms with van der Waals surface area (Å²) in [5, 5.41) is 3.36. The van der Waals surface area contributed by atoms with Gasteiger partial charge in [0, 0.05) is 12.7 Å². The molecule has 124 valence electrons. The predicted octanol–water partition coefficient (Wildman–Crippen LogP) is 3.61. The van der Waals surface area contributed by atoms with E-state index in [2.05, 4.69) is 10.3 Å². The highest BCUT2D eigenvalue weighted by molar-refractivity contribution is 7.90. The first-order valence-electron chi connectivity index (χ1n) is 7.82. The summed E-state index contributed by atoms with van der Waals surface area (Å²) in [4.78, 5) is 16.7. The van der Waals surface area contributed by atoms with Crippen LogP contribution < -0.4 is 5.32 Å². The summed E-state index contributed by atoms with van der Waals surface area (Å²) in [5.41, 5.74) is 0.702. The van der Waals surface area contributed by atoms with E-state index in [0.29, 0.717) is 23.0 Å². The summed E-state index contributed by atoms with van der Waals surface area (Å²) in [5.74, 6) is 0.674. The van der Waals surface area contributed by atoms with Gasteiger partial charge in [-0.3, -0.25) is 4.79 Å². The largest absolute Gasteiger partial charge is 0.302 e. The molecule has 5 nitrogen and oxygen atoms in total. The van der Waals surface area contributed by atoms with Gasteiger partial charge in [0.15, 0.2) is 15.0 Å². The molecule has 7 heteroatoms. The number of fused-ring (bicyclic) bond motifs is 1. The van der Waals surface area contributed by atoms with Crippen LogP contribution in [0.2, 0.25) is 0 Å². The van der Waals surface area contributed by atoms with Crippen molar-refractivity contribution in [1.29, 1.82) is 0 Å². The molecule has 1 N–H and O–H groups in total. The smallest absolute Gasteiger partial charge is 0.226 e. The minimum absolute atomic E-state index is 0.0145. The normalized spacial score (nSPS) is 16.0. The molecule has 23 heavy (non-hydrogen) atoms. The molecular formula is C16H20N2O3S2. The molecule has 1 fully saturated rings. The number of aromatic nitrogens is 1. The van der Waals surface area contributed by atoms with Gasteiger partial charge in [-0.05, 0) is 30.5 Å². The summed E-state index contributed by atoms with van der Waals surface area (Å²) in [7, 11) is -3.23. The molecule has 1 saturated carbocycles. The van der Waals surface area contributed by atoms with Gasteiger partial charge in [0.05, 0.1) is 15.1 Å². The monoisotopic (exact) mass is 352 g/mol. The summed E-state index contributed by atoms with van der Waals surface area (Å²) in [6, 6.07) is 4.83. The Kier molecular flexibility index (Phi) is 4.68. The molecule has 2 aromatic rings. The number of hydrogen-bond donors (Lipinski definition) is 1. The van der Waals surface area contributed by atoms with Crippen molar-refractivity contribution in [3.63, 3.8) is 0 Å². The van der Waals surface area contributed by atoms with Crippen LogP contribution in [0, 0.1) is 5.92 Å². The van der Waals surface area contributed by atoms with Crippen LogP contribution in [0.5, 0.6) is 0 Å². The third-order valence-electron chi connectivity index (χ3n) is 4.29. The summed E-state index contributed by atoms with van der Waals surface area (Å²) >= 11 is 1.31. The number of amides is 1. The van der Waals surface area contributed by atoms with Gasteiger partial charge < -0.3 is 5.32 Å². The topological polar surface area (TPSA) is 76.1 Å². The molecule has 1 aliphatic rings. The van der Waals surface area contributed by atoms with E-state index in [4.69, 9.17) is 0 Å². The number of carbonyl (C=O) groups is 1. The molecule has 0 atom stereocenters. The minimum atomic E-state index is -3.23. The quantitative estimate of drug-likeness (QED) is 0.892. The maximum absolute atomic E-state index is 12.0. The van der Waals surface area contributed by atoms with Crippen LogP contribution in [0.3, 0.4) is 0 Å². The number of benzene rings is 1. The predicted molar refractivity (Wildman–Crippen MR) is 92.6 cm³/mol. The van der Waals surface area contributed by atoms with Crippen LogP contribution in [0.1, 0.15) is 38.5 Å². The summed E-state index contributed by atoms with van der Waals surface area (Å²) in [6.07, 6.45) is 7.69. The molecule has 0 unspecified atom stereocenters. The lowest BCUT2D eigenvalue weighted by molar-refractivity contribution is -0.116. The number of sulfone groups is 1. The number of nitrogens with one attached hydrogen (secondary N) is 1. The molecule has 1 aromatic carbocycles. The fraction of sp³-hybridized carbons (Fsp3) is 0.500. The lowest BCUT2D eigenvalue weighted by atomic mass is 10.0. The van der Waals surface area contributed by atoms with Crippen molar-refractivity contribution in [2.45, 2.75) is 43.4 Å². The van der Waals surface area contributed by atoms with E-state index in [0.717, 1.165) is 11.1 Å². The lowest BCUT2D eigenvalue weighted by Crippen LogP contribution is -2.12. The zero-order chi connectivity index (χ0) is 16.4. The standard InChI is InChI=1S/C16H20N2O3S2/c1-23(20,21)12-7-8-13-14(10-12)22-16(17-13)18-15(19)9-6-11-4-2-3-5-11/h7-8,10-11H,2-6,9H2,1H3,(H,17,18,19). The van der Waals surface area contributed by atoms with Crippen molar-refractivity contribution in [2.24, 2.45) is 5.92 Å². The van der Waals surface area contributed by atoms with Crippen molar-refractivity contribution in [3.05, 3.63) is 18.2 Å². The Bertz CT molecular complexity index is 821. The second kappa shape index (κ2) is 6.57. The molecule has 1 aliphatic carbocycles. The van der Waals surface area contributed by atoms with Crippen LogP contribution in [0.15, 0.2) is 23.1 Å². The summed E-state index contributed by atoms with van der Waals surface area (Å²) in [6.45, 7) is 0. The van der Waals surface area contributed by atoms with E-state index in [1.54, 1.807) is 18.2 Å². The Balaban J connectivity index is 1.66. The number of nitrogens with zero attached hydrogens (tertiary/aromatic N) is 1. The first-order chi connectivity index (χ1) is 10.9. The van der Waals surface area contributed by atoms with E-state index in [-0.39, 0.29) is 10.8 Å². The number of thiazole rings is 1. The van der Waals surface area contributed by atoms with Crippen LogP contribution >= 0.6 is 11.3 Å². The van der Waals surface area contributed by atoms with E-state index >= 15 is 0 Å².